The molecule has 0 saturated heterocycles. The third-order valence-corrected chi connectivity index (χ3v) is 4.57. The maximum Gasteiger partial charge on any atom is 0.140 e. The molecule has 3 nitrogen and oxygen atoms in total. The van der Waals surface area contributed by atoms with E-state index >= 15 is 0 Å². The number of nitrogens with zero attached hydrogens (tertiary/aromatic N) is 2. The van der Waals surface area contributed by atoms with E-state index in [9.17, 15) is 5.11 Å². The van der Waals surface area contributed by atoms with E-state index in [1.165, 1.54) is 0 Å². The second-order valence-corrected chi connectivity index (χ2v) is 6.57. The van der Waals surface area contributed by atoms with E-state index in [0.717, 1.165) is 44.2 Å². The van der Waals surface area contributed by atoms with E-state index in [-0.39, 0.29) is 6.61 Å². The zero-order valence-corrected chi connectivity index (χ0v) is 14.5. The molecule has 2 aromatic carbocycles. The summed E-state index contributed by atoms with van der Waals surface area (Å²) in [5.41, 5.74) is 7.08. The first-order valence-corrected chi connectivity index (χ1v) is 8.47. The number of halogens is 1. The molecule has 0 amide bonds. The van der Waals surface area contributed by atoms with Crippen LogP contribution in [0.15, 0.2) is 67.0 Å². The Hall–Kier alpha value is -2.62. The van der Waals surface area contributed by atoms with Crippen LogP contribution in [0.5, 0.6) is 0 Å². The molecule has 2 heterocycles. The number of benzene rings is 2. The van der Waals surface area contributed by atoms with Gasteiger partial charge in [-0.25, -0.2) is 4.98 Å². The first kappa shape index (κ1) is 15.9. The maximum absolute atomic E-state index is 9.36. The minimum Gasteiger partial charge on any atom is -0.392 e. The normalized spacial score (nSPS) is 11.2. The van der Waals surface area contributed by atoms with Gasteiger partial charge in [0.2, 0.25) is 0 Å². The summed E-state index contributed by atoms with van der Waals surface area (Å²) >= 11 is 5.97. The average molecular weight is 349 g/mol. The molecule has 4 rings (SSSR count). The summed E-state index contributed by atoms with van der Waals surface area (Å²) in [5, 5.41) is 10.1. The summed E-state index contributed by atoms with van der Waals surface area (Å²) in [4.78, 5) is 4.76. The van der Waals surface area contributed by atoms with E-state index in [4.69, 9.17) is 16.6 Å². The molecule has 4 heteroatoms. The van der Waals surface area contributed by atoms with Crippen molar-refractivity contribution in [1.82, 2.24) is 9.38 Å². The van der Waals surface area contributed by atoms with Gasteiger partial charge in [0, 0.05) is 23.0 Å². The number of aliphatic hydroxyl groups excluding tert-OH is 1. The second kappa shape index (κ2) is 6.36. The Bertz CT molecular complexity index is 1050. The molecule has 0 spiro atoms. The molecule has 2 aromatic heterocycles. The zero-order chi connectivity index (χ0) is 17.4. The third kappa shape index (κ3) is 3.04. The molecule has 25 heavy (non-hydrogen) atoms. The van der Waals surface area contributed by atoms with Crippen LogP contribution in [-0.4, -0.2) is 14.5 Å². The fraction of sp³-hybridized carbons (Fsp3) is 0.0952. The van der Waals surface area contributed by atoms with E-state index in [1.807, 2.05) is 48.7 Å². The fourth-order valence-corrected chi connectivity index (χ4v) is 3.16. The zero-order valence-electron chi connectivity index (χ0n) is 13.8. The highest BCUT2D eigenvalue weighted by Crippen LogP contribution is 2.27. The summed E-state index contributed by atoms with van der Waals surface area (Å²) < 4.78 is 2.06. The van der Waals surface area contributed by atoms with Gasteiger partial charge < -0.3 is 9.51 Å². The van der Waals surface area contributed by atoms with Gasteiger partial charge in [-0.05, 0) is 53.4 Å². The summed E-state index contributed by atoms with van der Waals surface area (Å²) in [5.74, 6) is 0. The average Bonchev–Trinajstić information content (AvgIpc) is 3.07. The van der Waals surface area contributed by atoms with Gasteiger partial charge in [-0.1, -0.05) is 41.9 Å². The highest BCUT2D eigenvalue weighted by atomic mass is 35.5. The van der Waals surface area contributed by atoms with Gasteiger partial charge >= 0.3 is 0 Å². The van der Waals surface area contributed by atoms with Crippen LogP contribution in [0.25, 0.3) is 28.0 Å². The third-order valence-electron chi connectivity index (χ3n) is 4.32. The van der Waals surface area contributed by atoms with Gasteiger partial charge in [-0.3, -0.25) is 0 Å². The molecule has 0 aliphatic carbocycles. The lowest BCUT2D eigenvalue weighted by Crippen LogP contribution is -1.91. The Balaban J connectivity index is 1.82. The first-order chi connectivity index (χ1) is 12.1. The van der Waals surface area contributed by atoms with Gasteiger partial charge in [0.05, 0.1) is 12.3 Å². The highest BCUT2D eigenvalue weighted by Gasteiger charge is 2.09. The van der Waals surface area contributed by atoms with Gasteiger partial charge in [0.1, 0.15) is 5.65 Å². The van der Waals surface area contributed by atoms with E-state index in [1.54, 1.807) is 0 Å². The monoisotopic (exact) mass is 348 g/mol. The number of aliphatic hydroxyl groups is 1. The maximum atomic E-state index is 9.36. The SMILES string of the molecule is Cc1cc(-c2cccc(CO)c2)cn2cc(-c3ccc(Cl)cc3)nc12. The summed E-state index contributed by atoms with van der Waals surface area (Å²) in [6, 6.07) is 17.8. The molecule has 124 valence electrons. The molecule has 0 aliphatic heterocycles. The number of imidazole rings is 1. The fourth-order valence-electron chi connectivity index (χ4n) is 3.04. The molecule has 1 N–H and O–H groups in total. The molecule has 4 aromatic rings. The van der Waals surface area contributed by atoms with Crippen molar-refractivity contribution in [3.05, 3.63) is 83.1 Å². The Morgan fingerprint density at radius 3 is 2.52 bits per heavy atom. The number of hydrogen-bond acceptors (Lipinski definition) is 2. The summed E-state index contributed by atoms with van der Waals surface area (Å²) in [6.45, 7) is 2.11. The Labute approximate surface area is 151 Å². The number of fused-ring (bicyclic) bond motifs is 1. The van der Waals surface area contributed by atoms with Crippen LogP contribution in [0.4, 0.5) is 0 Å². The topological polar surface area (TPSA) is 37.5 Å². The van der Waals surface area contributed by atoms with Gasteiger partial charge in [0.25, 0.3) is 0 Å². The van der Waals surface area contributed by atoms with Crippen molar-refractivity contribution in [2.75, 3.05) is 0 Å². The molecule has 0 fully saturated rings. The van der Waals surface area contributed by atoms with Gasteiger partial charge in [0.15, 0.2) is 0 Å². The van der Waals surface area contributed by atoms with Crippen LogP contribution in [0.2, 0.25) is 5.02 Å². The van der Waals surface area contributed by atoms with Crippen molar-refractivity contribution in [1.29, 1.82) is 0 Å². The second-order valence-electron chi connectivity index (χ2n) is 6.13. The van der Waals surface area contributed by atoms with Crippen LogP contribution in [0.1, 0.15) is 11.1 Å². The first-order valence-electron chi connectivity index (χ1n) is 8.09. The molecule has 0 unspecified atom stereocenters. The summed E-state index contributed by atoms with van der Waals surface area (Å²) in [7, 11) is 0. The minimum atomic E-state index is 0.0425. The lowest BCUT2D eigenvalue weighted by Gasteiger charge is -2.07. The minimum absolute atomic E-state index is 0.0425. The molecule has 0 aliphatic rings. The molecular weight excluding hydrogens is 332 g/mol. The Morgan fingerprint density at radius 1 is 0.960 bits per heavy atom. The van der Waals surface area contributed by atoms with Crippen molar-refractivity contribution in [3.8, 4) is 22.4 Å². The van der Waals surface area contributed by atoms with Crippen LogP contribution in [0, 0.1) is 6.92 Å². The predicted octanol–water partition coefficient (Wildman–Crippen LogP) is 5.12. The van der Waals surface area contributed by atoms with Gasteiger partial charge in [-0.2, -0.15) is 0 Å². The van der Waals surface area contributed by atoms with E-state index in [2.05, 4.69) is 29.7 Å². The van der Waals surface area contributed by atoms with Crippen molar-refractivity contribution in [2.24, 2.45) is 0 Å². The number of rotatable bonds is 3. The van der Waals surface area contributed by atoms with Crippen LogP contribution >= 0.6 is 11.6 Å². The quantitative estimate of drug-likeness (QED) is 0.557. The smallest absolute Gasteiger partial charge is 0.140 e. The predicted molar refractivity (Wildman–Crippen MR) is 102 cm³/mol. The number of pyridine rings is 1. The van der Waals surface area contributed by atoms with Crippen molar-refractivity contribution < 1.29 is 5.11 Å². The number of aryl methyl sites for hydroxylation is 1. The van der Waals surface area contributed by atoms with Crippen molar-refractivity contribution >= 4 is 17.2 Å². The van der Waals surface area contributed by atoms with E-state index < -0.39 is 0 Å². The molecule has 0 bridgehead atoms. The van der Waals surface area contributed by atoms with Gasteiger partial charge in [-0.15, -0.1) is 0 Å². The van der Waals surface area contributed by atoms with Crippen LogP contribution in [0.3, 0.4) is 0 Å². The standard InChI is InChI=1S/C21H17ClN2O/c1-14-9-18(17-4-2-3-15(10-17)13-25)11-24-12-20(23-21(14)24)16-5-7-19(22)8-6-16/h2-12,25H,13H2,1H3. The Kier molecular flexibility index (Phi) is 4.04. The summed E-state index contributed by atoms with van der Waals surface area (Å²) in [6.07, 6.45) is 4.11. The molecule has 0 atom stereocenters. The number of hydrogen-bond donors (Lipinski definition) is 1. The largest absolute Gasteiger partial charge is 0.392 e. The van der Waals surface area contributed by atoms with Crippen LogP contribution < -0.4 is 0 Å². The van der Waals surface area contributed by atoms with E-state index in [0.29, 0.717) is 0 Å². The molecule has 0 saturated carbocycles. The lowest BCUT2D eigenvalue weighted by atomic mass is 10.0. The lowest BCUT2D eigenvalue weighted by molar-refractivity contribution is 0.282. The van der Waals surface area contributed by atoms with Crippen LogP contribution in [-0.2, 0) is 6.61 Å². The molecule has 0 radical (unpaired) electrons. The van der Waals surface area contributed by atoms with Crippen molar-refractivity contribution in [3.63, 3.8) is 0 Å². The van der Waals surface area contributed by atoms with Crippen molar-refractivity contribution in [2.45, 2.75) is 13.5 Å². The number of aromatic nitrogens is 2. The Morgan fingerprint density at radius 2 is 1.76 bits per heavy atom. The molecular formula is C21H17ClN2O. The highest BCUT2D eigenvalue weighted by molar-refractivity contribution is 6.30.